The van der Waals surface area contributed by atoms with Crippen LogP contribution in [0.4, 0.5) is 0 Å². The Hall–Kier alpha value is -2.02. The molecule has 20 heavy (non-hydrogen) atoms. The molecule has 106 valence electrons. The van der Waals surface area contributed by atoms with E-state index in [0.717, 1.165) is 30.4 Å². The van der Waals surface area contributed by atoms with Crippen molar-refractivity contribution >= 4 is 5.97 Å². The summed E-state index contributed by atoms with van der Waals surface area (Å²) < 4.78 is 5.23. The Balaban J connectivity index is 2.58. The highest BCUT2D eigenvalue weighted by atomic mass is 16.5. The van der Waals surface area contributed by atoms with Gasteiger partial charge in [-0.25, -0.2) is 0 Å². The van der Waals surface area contributed by atoms with E-state index in [4.69, 9.17) is 4.74 Å². The Kier molecular flexibility index (Phi) is 3.99. The molecule has 1 N–H and O–H groups in total. The van der Waals surface area contributed by atoms with Gasteiger partial charge in [-0.1, -0.05) is 25.3 Å². The molecule has 4 nitrogen and oxygen atoms in total. The number of carboxylic acid groups (broad SMARTS) is 1. The second-order valence-corrected chi connectivity index (χ2v) is 5.43. The number of rotatable bonds is 3. The summed E-state index contributed by atoms with van der Waals surface area (Å²) in [5.41, 5.74) is 1.11. The molecule has 0 amide bonds. The first kappa shape index (κ1) is 14.4. The predicted octanol–water partition coefficient (Wildman–Crippen LogP) is 3.16. The average molecular weight is 273 g/mol. The summed E-state index contributed by atoms with van der Waals surface area (Å²) in [7, 11) is 1.52. The number of hydrogen-bond acceptors (Lipinski definition) is 3. The molecule has 0 heterocycles. The maximum atomic E-state index is 11.8. The van der Waals surface area contributed by atoms with Crippen LogP contribution in [0.3, 0.4) is 0 Å². The summed E-state index contributed by atoms with van der Waals surface area (Å²) >= 11 is 0. The van der Waals surface area contributed by atoms with Crippen molar-refractivity contribution in [2.75, 3.05) is 7.11 Å². The topological polar surface area (TPSA) is 70.3 Å². The summed E-state index contributed by atoms with van der Waals surface area (Å²) in [5, 5.41) is 19.0. The van der Waals surface area contributed by atoms with E-state index in [2.05, 4.69) is 6.07 Å². The minimum atomic E-state index is -0.846. The van der Waals surface area contributed by atoms with Gasteiger partial charge in [0.05, 0.1) is 18.1 Å². The third-order valence-electron chi connectivity index (χ3n) is 4.27. The van der Waals surface area contributed by atoms with Gasteiger partial charge in [0.2, 0.25) is 0 Å². The Morgan fingerprint density at radius 3 is 2.50 bits per heavy atom. The molecule has 1 aromatic carbocycles. The molecule has 1 aliphatic rings. The average Bonchev–Trinajstić information content (AvgIpc) is 2.46. The largest absolute Gasteiger partial charge is 0.495 e. The number of aliphatic carboxylic acids is 1. The molecule has 2 rings (SSSR count). The van der Waals surface area contributed by atoms with Gasteiger partial charge in [0.1, 0.15) is 11.8 Å². The molecule has 0 aliphatic heterocycles. The van der Waals surface area contributed by atoms with Crippen molar-refractivity contribution in [1.82, 2.24) is 0 Å². The zero-order chi connectivity index (χ0) is 14.8. The van der Waals surface area contributed by atoms with Crippen LogP contribution in [-0.4, -0.2) is 18.2 Å². The Labute approximate surface area is 119 Å². The van der Waals surface area contributed by atoms with Crippen molar-refractivity contribution < 1.29 is 14.6 Å². The molecule has 1 aromatic rings. The molecule has 0 bridgehead atoms. The van der Waals surface area contributed by atoms with Gasteiger partial charge in [0.25, 0.3) is 0 Å². The van der Waals surface area contributed by atoms with Crippen molar-refractivity contribution in [3.05, 3.63) is 28.8 Å². The monoisotopic (exact) mass is 273 g/mol. The number of nitriles is 1. The van der Waals surface area contributed by atoms with Gasteiger partial charge in [0, 0.05) is 0 Å². The Morgan fingerprint density at radius 2 is 2.00 bits per heavy atom. The molecule has 0 unspecified atom stereocenters. The Bertz CT molecular complexity index is 566. The molecular formula is C16H19NO3. The van der Waals surface area contributed by atoms with Gasteiger partial charge in [-0.15, -0.1) is 0 Å². The highest BCUT2D eigenvalue weighted by Crippen LogP contribution is 2.41. The van der Waals surface area contributed by atoms with Crippen LogP contribution in [0.1, 0.15) is 48.8 Å². The molecule has 4 heteroatoms. The van der Waals surface area contributed by atoms with E-state index in [1.165, 1.54) is 7.11 Å². The first-order chi connectivity index (χ1) is 9.55. The molecule has 1 saturated carbocycles. The summed E-state index contributed by atoms with van der Waals surface area (Å²) in [6, 6.07) is 5.65. The van der Waals surface area contributed by atoms with E-state index >= 15 is 0 Å². The molecule has 1 fully saturated rings. The van der Waals surface area contributed by atoms with E-state index < -0.39 is 11.4 Å². The van der Waals surface area contributed by atoms with Crippen LogP contribution in [0.25, 0.3) is 0 Å². The van der Waals surface area contributed by atoms with E-state index in [1.807, 2.05) is 13.0 Å². The molecule has 0 atom stereocenters. The number of carbonyl (C=O) groups is 1. The number of aryl methyl sites for hydroxylation is 1. The SMILES string of the molecule is COc1c(C)cc(C2(C(=O)O)CCCCC2)cc1C#N. The lowest BCUT2D eigenvalue weighted by atomic mass is 9.69. The van der Waals surface area contributed by atoms with Crippen molar-refractivity contribution in [3.8, 4) is 11.8 Å². The highest BCUT2D eigenvalue weighted by molar-refractivity contribution is 5.82. The lowest BCUT2D eigenvalue weighted by Crippen LogP contribution is -2.38. The van der Waals surface area contributed by atoms with Gasteiger partial charge in [0.15, 0.2) is 0 Å². The molecule has 0 aromatic heterocycles. The van der Waals surface area contributed by atoms with Crippen molar-refractivity contribution in [3.63, 3.8) is 0 Å². The van der Waals surface area contributed by atoms with Crippen LogP contribution in [-0.2, 0) is 10.2 Å². The fourth-order valence-electron chi connectivity index (χ4n) is 3.19. The van der Waals surface area contributed by atoms with Crippen molar-refractivity contribution in [1.29, 1.82) is 5.26 Å². The van der Waals surface area contributed by atoms with Gasteiger partial charge >= 0.3 is 5.97 Å². The maximum Gasteiger partial charge on any atom is 0.314 e. The van der Waals surface area contributed by atoms with E-state index in [-0.39, 0.29) is 0 Å². The fourth-order valence-corrected chi connectivity index (χ4v) is 3.19. The predicted molar refractivity (Wildman–Crippen MR) is 74.8 cm³/mol. The van der Waals surface area contributed by atoms with Crippen molar-refractivity contribution in [2.45, 2.75) is 44.4 Å². The third kappa shape index (κ3) is 2.24. The van der Waals surface area contributed by atoms with Gasteiger partial charge in [-0.05, 0) is 37.0 Å². The summed E-state index contributed by atoms with van der Waals surface area (Å²) in [6.07, 6.45) is 4.19. The highest BCUT2D eigenvalue weighted by Gasteiger charge is 2.41. The smallest absolute Gasteiger partial charge is 0.314 e. The molecule has 0 saturated heterocycles. The van der Waals surface area contributed by atoms with Gasteiger partial charge in [-0.3, -0.25) is 4.79 Å². The second kappa shape index (κ2) is 5.54. The number of nitrogens with zero attached hydrogens (tertiary/aromatic N) is 1. The lowest BCUT2D eigenvalue weighted by Gasteiger charge is -2.34. The quantitative estimate of drug-likeness (QED) is 0.918. The minimum absolute atomic E-state index is 0.411. The van der Waals surface area contributed by atoms with Crippen molar-refractivity contribution in [2.24, 2.45) is 0 Å². The van der Waals surface area contributed by atoms with Crippen LogP contribution in [0.2, 0.25) is 0 Å². The van der Waals surface area contributed by atoms with Crippen LogP contribution in [0, 0.1) is 18.3 Å². The van der Waals surface area contributed by atoms with E-state index in [0.29, 0.717) is 24.2 Å². The standard InChI is InChI=1S/C16H19NO3/c1-11-8-13(9-12(10-17)14(11)20-2)16(15(18)19)6-4-3-5-7-16/h8-9H,3-7H2,1-2H3,(H,18,19). The zero-order valence-electron chi connectivity index (χ0n) is 11.9. The van der Waals surface area contributed by atoms with Crippen LogP contribution >= 0.6 is 0 Å². The maximum absolute atomic E-state index is 11.8. The molecule has 0 spiro atoms. The minimum Gasteiger partial charge on any atom is -0.495 e. The lowest BCUT2D eigenvalue weighted by molar-refractivity contribution is -0.145. The van der Waals surface area contributed by atoms with E-state index in [1.54, 1.807) is 6.07 Å². The number of benzene rings is 1. The summed E-state index contributed by atoms with van der Waals surface area (Å²) in [4.78, 5) is 11.8. The van der Waals surface area contributed by atoms with Crippen LogP contribution in [0.15, 0.2) is 12.1 Å². The number of carboxylic acids is 1. The first-order valence-corrected chi connectivity index (χ1v) is 6.88. The molecular weight excluding hydrogens is 254 g/mol. The third-order valence-corrected chi connectivity index (χ3v) is 4.27. The Morgan fingerprint density at radius 1 is 1.35 bits per heavy atom. The second-order valence-electron chi connectivity index (χ2n) is 5.43. The van der Waals surface area contributed by atoms with E-state index in [9.17, 15) is 15.2 Å². The van der Waals surface area contributed by atoms with Crippen LogP contribution in [0.5, 0.6) is 5.75 Å². The zero-order valence-corrected chi connectivity index (χ0v) is 11.9. The molecule has 1 aliphatic carbocycles. The van der Waals surface area contributed by atoms with Gasteiger partial charge < -0.3 is 9.84 Å². The van der Waals surface area contributed by atoms with Crippen LogP contribution < -0.4 is 4.74 Å². The number of ether oxygens (including phenoxy) is 1. The van der Waals surface area contributed by atoms with Gasteiger partial charge in [-0.2, -0.15) is 5.26 Å². The number of hydrogen-bond donors (Lipinski definition) is 1. The summed E-state index contributed by atoms with van der Waals surface area (Å²) in [6.45, 7) is 1.85. The fraction of sp³-hybridized carbons (Fsp3) is 0.500. The normalized spacial score (nSPS) is 17.2. The number of methoxy groups -OCH3 is 1. The summed E-state index contributed by atoms with van der Waals surface area (Å²) in [5.74, 6) is -0.252. The first-order valence-electron chi connectivity index (χ1n) is 6.88. The molecule has 0 radical (unpaired) electrons.